The SMILES string of the molecule is C1CC[C@@H](OC23CCCC2CCC3)OC1. The van der Waals surface area contributed by atoms with Gasteiger partial charge in [0.15, 0.2) is 6.29 Å². The largest absolute Gasteiger partial charge is 0.353 e. The number of ether oxygens (including phenoxy) is 2. The van der Waals surface area contributed by atoms with Crippen molar-refractivity contribution in [3.05, 3.63) is 0 Å². The van der Waals surface area contributed by atoms with Crippen LogP contribution in [0.5, 0.6) is 0 Å². The van der Waals surface area contributed by atoms with Crippen LogP contribution in [0.4, 0.5) is 0 Å². The van der Waals surface area contributed by atoms with Gasteiger partial charge in [-0.2, -0.15) is 0 Å². The minimum atomic E-state index is 0.123. The molecule has 2 saturated carbocycles. The molecule has 0 aromatic carbocycles. The number of rotatable bonds is 2. The lowest BCUT2D eigenvalue weighted by atomic mass is 9.94. The van der Waals surface area contributed by atoms with E-state index in [4.69, 9.17) is 9.47 Å². The van der Waals surface area contributed by atoms with Crippen LogP contribution in [0.1, 0.15) is 57.8 Å². The van der Waals surface area contributed by atoms with Crippen LogP contribution in [-0.2, 0) is 9.47 Å². The zero-order chi connectivity index (χ0) is 10.1. The second kappa shape index (κ2) is 4.06. The van der Waals surface area contributed by atoms with E-state index in [0.717, 1.165) is 18.9 Å². The van der Waals surface area contributed by atoms with Crippen molar-refractivity contribution >= 4 is 0 Å². The summed E-state index contributed by atoms with van der Waals surface area (Å²) in [5.41, 5.74) is 0.238. The molecule has 3 rings (SSSR count). The van der Waals surface area contributed by atoms with Crippen LogP contribution in [0.3, 0.4) is 0 Å². The first kappa shape index (κ1) is 10.1. The third-order valence-electron chi connectivity index (χ3n) is 4.55. The van der Waals surface area contributed by atoms with E-state index in [-0.39, 0.29) is 11.9 Å². The van der Waals surface area contributed by atoms with Crippen LogP contribution in [0.2, 0.25) is 0 Å². The van der Waals surface area contributed by atoms with Crippen molar-refractivity contribution < 1.29 is 9.47 Å². The van der Waals surface area contributed by atoms with Crippen molar-refractivity contribution in [2.75, 3.05) is 6.61 Å². The highest BCUT2D eigenvalue weighted by molar-refractivity contribution is 4.98. The highest BCUT2D eigenvalue weighted by Gasteiger charge is 2.48. The summed E-state index contributed by atoms with van der Waals surface area (Å²) in [5, 5.41) is 0. The fraction of sp³-hybridized carbons (Fsp3) is 1.00. The molecule has 0 radical (unpaired) electrons. The number of fused-ring (bicyclic) bond motifs is 1. The van der Waals surface area contributed by atoms with Gasteiger partial charge in [0.1, 0.15) is 0 Å². The highest BCUT2D eigenvalue weighted by atomic mass is 16.7. The van der Waals surface area contributed by atoms with E-state index >= 15 is 0 Å². The van der Waals surface area contributed by atoms with Crippen molar-refractivity contribution in [2.45, 2.75) is 69.7 Å². The minimum absolute atomic E-state index is 0.123. The molecule has 1 saturated heterocycles. The Morgan fingerprint density at radius 2 is 1.73 bits per heavy atom. The first-order valence-electron chi connectivity index (χ1n) is 6.68. The Morgan fingerprint density at radius 1 is 0.933 bits per heavy atom. The van der Waals surface area contributed by atoms with Crippen molar-refractivity contribution in [3.8, 4) is 0 Å². The van der Waals surface area contributed by atoms with Crippen molar-refractivity contribution in [3.63, 3.8) is 0 Å². The molecule has 0 aromatic rings. The topological polar surface area (TPSA) is 18.5 Å². The molecule has 0 N–H and O–H groups in total. The first-order valence-corrected chi connectivity index (χ1v) is 6.68. The maximum atomic E-state index is 6.34. The average Bonchev–Trinajstić information content (AvgIpc) is 2.78. The second-order valence-electron chi connectivity index (χ2n) is 5.46. The summed E-state index contributed by atoms with van der Waals surface area (Å²) in [5.74, 6) is 0.850. The molecule has 1 aliphatic heterocycles. The Morgan fingerprint density at radius 3 is 2.40 bits per heavy atom. The molecule has 0 bridgehead atoms. The van der Waals surface area contributed by atoms with Gasteiger partial charge in [0.25, 0.3) is 0 Å². The number of hydrogen-bond acceptors (Lipinski definition) is 2. The lowest BCUT2D eigenvalue weighted by Gasteiger charge is -2.35. The molecule has 0 aromatic heterocycles. The van der Waals surface area contributed by atoms with Crippen LogP contribution in [0.15, 0.2) is 0 Å². The molecule has 15 heavy (non-hydrogen) atoms. The highest BCUT2D eigenvalue weighted by Crippen LogP contribution is 2.50. The van der Waals surface area contributed by atoms with Gasteiger partial charge >= 0.3 is 0 Å². The average molecular weight is 210 g/mol. The second-order valence-corrected chi connectivity index (χ2v) is 5.46. The lowest BCUT2D eigenvalue weighted by Crippen LogP contribution is -2.38. The summed E-state index contributed by atoms with van der Waals surface area (Å²) >= 11 is 0. The van der Waals surface area contributed by atoms with E-state index in [1.54, 1.807) is 0 Å². The molecule has 2 nitrogen and oxygen atoms in total. The van der Waals surface area contributed by atoms with E-state index in [1.165, 1.54) is 51.4 Å². The van der Waals surface area contributed by atoms with E-state index in [1.807, 2.05) is 0 Å². The molecule has 1 atom stereocenters. The molecule has 2 aliphatic carbocycles. The van der Waals surface area contributed by atoms with E-state index in [0.29, 0.717) is 0 Å². The summed E-state index contributed by atoms with van der Waals surface area (Å²) < 4.78 is 12.1. The zero-order valence-electron chi connectivity index (χ0n) is 9.54. The first-order chi connectivity index (χ1) is 7.39. The molecule has 3 fully saturated rings. The van der Waals surface area contributed by atoms with Crippen molar-refractivity contribution in [1.29, 1.82) is 0 Å². The van der Waals surface area contributed by atoms with E-state index in [9.17, 15) is 0 Å². The normalized spacial score (nSPS) is 45.6. The van der Waals surface area contributed by atoms with Crippen LogP contribution in [-0.4, -0.2) is 18.5 Å². The summed E-state index contributed by atoms with van der Waals surface area (Å²) in [4.78, 5) is 0. The molecule has 0 amide bonds. The molecule has 0 spiro atoms. The molecule has 86 valence electrons. The van der Waals surface area contributed by atoms with Gasteiger partial charge in [0, 0.05) is 6.61 Å². The molecular weight excluding hydrogens is 188 g/mol. The van der Waals surface area contributed by atoms with Gasteiger partial charge in [-0.1, -0.05) is 12.8 Å². The third-order valence-corrected chi connectivity index (χ3v) is 4.55. The summed E-state index contributed by atoms with van der Waals surface area (Å²) in [6.07, 6.45) is 11.9. The summed E-state index contributed by atoms with van der Waals surface area (Å²) in [6, 6.07) is 0. The molecule has 1 heterocycles. The van der Waals surface area contributed by atoms with Crippen LogP contribution < -0.4 is 0 Å². The zero-order valence-corrected chi connectivity index (χ0v) is 9.54. The molecule has 0 unspecified atom stereocenters. The smallest absolute Gasteiger partial charge is 0.158 e. The van der Waals surface area contributed by atoms with Crippen LogP contribution >= 0.6 is 0 Å². The predicted molar refractivity (Wildman–Crippen MR) is 58.6 cm³/mol. The van der Waals surface area contributed by atoms with Gasteiger partial charge in [-0.3, -0.25) is 0 Å². The van der Waals surface area contributed by atoms with Gasteiger partial charge < -0.3 is 9.47 Å². The standard InChI is InChI=1S/C13H22O2/c1-2-10-14-12(7-1)15-13-8-3-5-11(13)6-4-9-13/h11-12H,1-10H2/t11?,12-,13?/m1/s1. The Balaban J connectivity index is 1.64. The third kappa shape index (κ3) is 1.83. The molecule has 3 aliphatic rings. The van der Waals surface area contributed by atoms with E-state index in [2.05, 4.69) is 0 Å². The van der Waals surface area contributed by atoms with Crippen molar-refractivity contribution in [2.24, 2.45) is 5.92 Å². The van der Waals surface area contributed by atoms with Gasteiger partial charge in [0.2, 0.25) is 0 Å². The fourth-order valence-corrected chi connectivity index (χ4v) is 3.78. The summed E-state index contributed by atoms with van der Waals surface area (Å²) in [6.45, 7) is 0.908. The minimum Gasteiger partial charge on any atom is -0.353 e. The predicted octanol–water partition coefficient (Wildman–Crippen LogP) is 3.25. The Bertz CT molecular complexity index is 211. The fourth-order valence-electron chi connectivity index (χ4n) is 3.78. The maximum Gasteiger partial charge on any atom is 0.158 e. The van der Waals surface area contributed by atoms with Gasteiger partial charge in [-0.05, 0) is 50.9 Å². The quantitative estimate of drug-likeness (QED) is 0.696. The maximum absolute atomic E-state index is 6.34. The van der Waals surface area contributed by atoms with Gasteiger partial charge in [-0.15, -0.1) is 0 Å². The lowest BCUT2D eigenvalue weighted by molar-refractivity contribution is -0.230. The van der Waals surface area contributed by atoms with Crippen molar-refractivity contribution in [1.82, 2.24) is 0 Å². The Kier molecular flexibility index (Phi) is 2.73. The Labute approximate surface area is 92.3 Å². The molecule has 2 heteroatoms. The number of hydrogen-bond donors (Lipinski definition) is 0. The van der Waals surface area contributed by atoms with Gasteiger partial charge in [0.05, 0.1) is 5.60 Å². The van der Waals surface area contributed by atoms with Gasteiger partial charge in [-0.25, -0.2) is 0 Å². The van der Waals surface area contributed by atoms with Crippen LogP contribution in [0, 0.1) is 5.92 Å². The van der Waals surface area contributed by atoms with Crippen LogP contribution in [0.25, 0.3) is 0 Å². The summed E-state index contributed by atoms with van der Waals surface area (Å²) in [7, 11) is 0. The molecular formula is C13H22O2. The van der Waals surface area contributed by atoms with E-state index < -0.39 is 0 Å². The monoisotopic (exact) mass is 210 g/mol. The Hall–Kier alpha value is -0.0800.